The van der Waals surface area contributed by atoms with Crippen molar-refractivity contribution in [1.82, 2.24) is 9.97 Å². The Morgan fingerprint density at radius 2 is 2.13 bits per heavy atom. The van der Waals surface area contributed by atoms with E-state index in [0.717, 1.165) is 0 Å². The first-order valence-corrected chi connectivity index (χ1v) is 4.19. The molecule has 1 aromatic carbocycles. The Hall–Kier alpha value is -2.24. The molecule has 15 heavy (non-hydrogen) atoms. The van der Waals surface area contributed by atoms with E-state index in [1.54, 1.807) is 6.92 Å². The minimum absolute atomic E-state index is 0.0485. The molecule has 0 atom stereocenters. The summed E-state index contributed by atoms with van der Waals surface area (Å²) in [6.07, 6.45) is 1.21. The number of nitrogens with zero attached hydrogens (tertiary/aromatic N) is 3. The van der Waals surface area contributed by atoms with Crippen LogP contribution >= 0.6 is 0 Å². The smallest absolute Gasteiger partial charge is 0.273 e. The van der Waals surface area contributed by atoms with E-state index in [2.05, 4.69) is 9.97 Å². The molecule has 0 fully saturated rings. The van der Waals surface area contributed by atoms with Crippen LogP contribution in [0.1, 0.15) is 5.56 Å². The van der Waals surface area contributed by atoms with Crippen LogP contribution in [0.15, 0.2) is 18.5 Å². The van der Waals surface area contributed by atoms with Crippen LogP contribution in [-0.2, 0) is 0 Å². The van der Waals surface area contributed by atoms with Crippen LogP contribution in [0.3, 0.4) is 0 Å². The van der Waals surface area contributed by atoms with Crippen molar-refractivity contribution in [2.75, 3.05) is 0 Å². The van der Waals surface area contributed by atoms with Crippen molar-refractivity contribution in [3.63, 3.8) is 0 Å². The lowest BCUT2D eigenvalue weighted by molar-refractivity contribution is -0.385. The molecule has 0 aliphatic heterocycles. The van der Waals surface area contributed by atoms with Crippen LogP contribution in [0.25, 0.3) is 10.9 Å². The van der Waals surface area contributed by atoms with Gasteiger partial charge in [0.05, 0.1) is 15.8 Å². The summed E-state index contributed by atoms with van der Waals surface area (Å²) in [5.41, 5.74) is 0.814. The molecule has 1 N–H and O–H groups in total. The molecule has 1 aromatic heterocycles. The SMILES string of the molecule is Cc1c([N+](=O)[O-])ccc2ncnc(O)c12. The highest BCUT2D eigenvalue weighted by atomic mass is 16.6. The number of rotatable bonds is 1. The normalized spacial score (nSPS) is 10.5. The second-order valence-corrected chi connectivity index (χ2v) is 3.06. The second kappa shape index (κ2) is 3.16. The summed E-state index contributed by atoms with van der Waals surface area (Å²) in [7, 11) is 0. The quantitative estimate of drug-likeness (QED) is 0.563. The van der Waals surface area contributed by atoms with E-state index in [4.69, 9.17) is 0 Å². The first-order valence-electron chi connectivity index (χ1n) is 4.19. The molecule has 0 amide bonds. The lowest BCUT2D eigenvalue weighted by atomic mass is 10.1. The van der Waals surface area contributed by atoms with E-state index in [0.29, 0.717) is 16.5 Å². The van der Waals surface area contributed by atoms with Gasteiger partial charge in [-0.05, 0) is 13.0 Å². The molecule has 2 rings (SSSR count). The van der Waals surface area contributed by atoms with Gasteiger partial charge >= 0.3 is 0 Å². The highest BCUT2D eigenvalue weighted by Gasteiger charge is 2.16. The highest BCUT2D eigenvalue weighted by molar-refractivity contribution is 5.89. The predicted octanol–water partition coefficient (Wildman–Crippen LogP) is 1.55. The summed E-state index contributed by atoms with van der Waals surface area (Å²) in [4.78, 5) is 17.7. The van der Waals surface area contributed by atoms with Crippen LogP contribution in [0, 0.1) is 17.0 Å². The Balaban J connectivity index is 2.89. The monoisotopic (exact) mass is 205 g/mol. The summed E-state index contributed by atoms with van der Waals surface area (Å²) in [6.45, 7) is 1.56. The lowest BCUT2D eigenvalue weighted by Gasteiger charge is -2.02. The second-order valence-electron chi connectivity index (χ2n) is 3.06. The van der Waals surface area contributed by atoms with Crippen molar-refractivity contribution in [3.8, 4) is 5.88 Å². The highest BCUT2D eigenvalue weighted by Crippen LogP contribution is 2.30. The van der Waals surface area contributed by atoms with Gasteiger partial charge in [0.25, 0.3) is 5.69 Å². The van der Waals surface area contributed by atoms with Gasteiger partial charge in [0.2, 0.25) is 5.88 Å². The summed E-state index contributed by atoms with van der Waals surface area (Å²) in [5.74, 6) is -0.235. The van der Waals surface area contributed by atoms with Gasteiger partial charge in [-0.1, -0.05) is 0 Å². The standard InChI is InChI=1S/C9H7N3O3/c1-5-7(12(14)15)3-2-6-8(5)9(13)11-4-10-6/h2-4H,1H3,(H,10,11,13). The number of aromatic nitrogens is 2. The van der Waals surface area contributed by atoms with E-state index in [1.165, 1.54) is 18.5 Å². The number of aryl methyl sites for hydroxylation is 1. The maximum atomic E-state index is 10.7. The van der Waals surface area contributed by atoms with Gasteiger partial charge in [-0.25, -0.2) is 9.97 Å². The molecule has 1 heterocycles. The van der Waals surface area contributed by atoms with Crippen molar-refractivity contribution >= 4 is 16.6 Å². The maximum absolute atomic E-state index is 10.7. The van der Waals surface area contributed by atoms with Crippen molar-refractivity contribution in [2.45, 2.75) is 6.92 Å². The van der Waals surface area contributed by atoms with E-state index in [9.17, 15) is 15.2 Å². The Morgan fingerprint density at radius 1 is 1.40 bits per heavy atom. The van der Waals surface area contributed by atoms with E-state index in [-0.39, 0.29) is 11.6 Å². The van der Waals surface area contributed by atoms with Crippen molar-refractivity contribution in [3.05, 3.63) is 34.1 Å². The number of benzene rings is 1. The first-order chi connectivity index (χ1) is 7.11. The molecule has 0 aliphatic rings. The van der Waals surface area contributed by atoms with Gasteiger partial charge in [0.15, 0.2) is 0 Å². The number of hydrogen-bond acceptors (Lipinski definition) is 5. The maximum Gasteiger partial charge on any atom is 0.273 e. The van der Waals surface area contributed by atoms with Gasteiger partial charge in [-0.15, -0.1) is 0 Å². The van der Waals surface area contributed by atoms with Crippen molar-refractivity contribution in [1.29, 1.82) is 0 Å². The Morgan fingerprint density at radius 3 is 2.80 bits per heavy atom. The molecule has 0 aliphatic carbocycles. The number of hydrogen-bond donors (Lipinski definition) is 1. The van der Waals surface area contributed by atoms with Gasteiger partial charge in [0.1, 0.15) is 6.33 Å². The molecule has 6 heteroatoms. The lowest BCUT2D eigenvalue weighted by Crippen LogP contribution is -1.94. The Bertz CT molecular complexity index is 554. The summed E-state index contributed by atoms with van der Waals surface area (Å²) in [5, 5.41) is 20.5. The zero-order chi connectivity index (χ0) is 11.0. The number of fused-ring (bicyclic) bond motifs is 1. The van der Waals surface area contributed by atoms with Crippen LogP contribution < -0.4 is 0 Å². The zero-order valence-electron chi connectivity index (χ0n) is 7.84. The van der Waals surface area contributed by atoms with Crippen LogP contribution in [0.5, 0.6) is 5.88 Å². The molecular weight excluding hydrogens is 198 g/mol. The Kier molecular flexibility index (Phi) is 1.96. The third kappa shape index (κ3) is 1.35. The molecule has 0 radical (unpaired) electrons. The first kappa shape index (κ1) is 9.32. The summed E-state index contributed by atoms with van der Waals surface area (Å²) >= 11 is 0. The molecule has 0 saturated carbocycles. The third-order valence-electron chi connectivity index (χ3n) is 2.21. The molecular formula is C9H7N3O3. The van der Waals surface area contributed by atoms with Gasteiger partial charge in [-0.2, -0.15) is 0 Å². The fourth-order valence-electron chi connectivity index (χ4n) is 1.48. The Labute approximate surface area is 84.4 Å². The summed E-state index contributed by atoms with van der Waals surface area (Å²) < 4.78 is 0. The minimum atomic E-state index is -0.499. The van der Waals surface area contributed by atoms with E-state index in [1.807, 2.05) is 0 Å². The molecule has 0 spiro atoms. The molecule has 0 unspecified atom stereocenters. The fraction of sp³-hybridized carbons (Fsp3) is 0.111. The van der Waals surface area contributed by atoms with Gasteiger partial charge in [0, 0.05) is 11.6 Å². The van der Waals surface area contributed by atoms with E-state index < -0.39 is 4.92 Å². The average molecular weight is 205 g/mol. The predicted molar refractivity (Wildman–Crippen MR) is 52.6 cm³/mol. The number of aromatic hydroxyl groups is 1. The molecule has 6 nitrogen and oxygen atoms in total. The van der Waals surface area contributed by atoms with Crippen LogP contribution in [0.2, 0.25) is 0 Å². The van der Waals surface area contributed by atoms with Crippen molar-refractivity contribution in [2.24, 2.45) is 0 Å². The van der Waals surface area contributed by atoms with E-state index >= 15 is 0 Å². The van der Waals surface area contributed by atoms with Crippen molar-refractivity contribution < 1.29 is 10.0 Å². The zero-order valence-corrected chi connectivity index (χ0v) is 7.84. The molecule has 0 bridgehead atoms. The van der Waals surface area contributed by atoms with Crippen LogP contribution in [0.4, 0.5) is 5.69 Å². The van der Waals surface area contributed by atoms with Crippen LogP contribution in [-0.4, -0.2) is 20.0 Å². The fourth-order valence-corrected chi connectivity index (χ4v) is 1.48. The summed E-state index contributed by atoms with van der Waals surface area (Å²) in [6, 6.07) is 2.85. The minimum Gasteiger partial charge on any atom is -0.493 e. The molecule has 76 valence electrons. The molecule has 2 aromatic rings. The average Bonchev–Trinajstić information content (AvgIpc) is 2.17. The number of nitro benzene ring substituents is 1. The topological polar surface area (TPSA) is 89.2 Å². The van der Waals surface area contributed by atoms with Gasteiger partial charge < -0.3 is 5.11 Å². The number of nitro groups is 1. The molecule has 0 saturated heterocycles. The third-order valence-corrected chi connectivity index (χ3v) is 2.21. The largest absolute Gasteiger partial charge is 0.493 e. The van der Waals surface area contributed by atoms with Gasteiger partial charge in [-0.3, -0.25) is 10.1 Å².